The lowest BCUT2D eigenvalue weighted by Gasteiger charge is -2.28. The number of carboxylic acid groups (broad SMARTS) is 1. The van der Waals surface area contributed by atoms with Crippen molar-refractivity contribution in [1.82, 2.24) is 0 Å². The van der Waals surface area contributed by atoms with Crippen molar-refractivity contribution in [3.63, 3.8) is 0 Å². The molecule has 30 heavy (non-hydrogen) atoms. The monoisotopic (exact) mass is 410 g/mol. The number of carboxylic acids is 1. The Labute approximate surface area is 178 Å². The Morgan fingerprint density at radius 1 is 1.07 bits per heavy atom. The predicted octanol–water partition coefficient (Wildman–Crippen LogP) is 4.48. The van der Waals surface area contributed by atoms with Crippen molar-refractivity contribution < 1.29 is 24.1 Å². The first-order valence-corrected chi connectivity index (χ1v) is 10.9. The van der Waals surface area contributed by atoms with Crippen LogP contribution in [0.3, 0.4) is 0 Å². The highest BCUT2D eigenvalue weighted by atomic mass is 16.5. The highest BCUT2D eigenvalue weighted by molar-refractivity contribution is 5.72. The van der Waals surface area contributed by atoms with E-state index in [2.05, 4.69) is 18.2 Å². The molecule has 2 aliphatic heterocycles. The molecule has 0 spiro atoms. The number of ether oxygens (including phenoxy) is 3. The van der Waals surface area contributed by atoms with Crippen molar-refractivity contribution in [2.45, 2.75) is 57.5 Å². The van der Waals surface area contributed by atoms with Crippen LogP contribution in [0.4, 0.5) is 0 Å². The number of aliphatic carboxylic acids is 1. The molecule has 2 heterocycles. The third-order valence-electron chi connectivity index (χ3n) is 6.31. The quantitative estimate of drug-likeness (QED) is 0.626. The maximum absolute atomic E-state index is 11.3. The molecule has 2 aromatic rings. The molecule has 5 unspecified atom stereocenters. The molecule has 160 valence electrons. The second-order valence-electron chi connectivity index (χ2n) is 8.32. The minimum absolute atomic E-state index is 0.284. The number of hydrogen-bond acceptors (Lipinski definition) is 4. The predicted molar refractivity (Wildman–Crippen MR) is 113 cm³/mol. The van der Waals surface area contributed by atoms with Gasteiger partial charge in [-0.2, -0.15) is 0 Å². The van der Waals surface area contributed by atoms with Crippen LogP contribution in [0.5, 0.6) is 5.75 Å². The molecule has 2 aromatic carbocycles. The molecule has 2 bridgehead atoms. The van der Waals surface area contributed by atoms with Crippen molar-refractivity contribution in [3.05, 3.63) is 65.7 Å². The van der Waals surface area contributed by atoms with Crippen molar-refractivity contribution in [1.29, 1.82) is 0 Å². The molecule has 2 saturated heterocycles. The van der Waals surface area contributed by atoms with Gasteiger partial charge in [0.25, 0.3) is 0 Å². The second kappa shape index (κ2) is 9.63. The summed E-state index contributed by atoms with van der Waals surface area (Å²) in [5, 5.41) is 9.25. The van der Waals surface area contributed by atoms with Gasteiger partial charge in [-0.1, -0.05) is 49.4 Å². The molecule has 0 amide bonds. The Bertz CT molecular complexity index is 836. The molecular weight excluding hydrogens is 380 g/mol. The van der Waals surface area contributed by atoms with Gasteiger partial charge < -0.3 is 19.3 Å². The molecule has 2 aliphatic rings. The van der Waals surface area contributed by atoms with Gasteiger partial charge in [0.05, 0.1) is 25.4 Å². The molecular formula is C25H30O5. The van der Waals surface area contributed by atoms with E-state index in [1.54, 1.807) is 0 Å². The average Bonchev–Trinajstić information content (AvgIpc) is 3.35. The highest BCUT2D eigenvalue weighted by Gasteiger charge is 2.48. The summed E-state index contributed by atoms with van der Waals surface area (Å²) < 4.78 is 18.0. The van der Waals surface area contributed by atoms with Gasteiger partial charge in [-0.05, 0) is 54.9 Å². The lowest BCUT2D eigenvalue weighted by molar-refractivity contribution is -0.145. The average molecular weight is 411 g/mol. The Morgan fingerprint density at radius 3 is 2.53 bits per heavy atom. The summed E-state index contributed by atoms with van der Waals surface area (Å²) >= 11 is 0. The largest absolute Gasteiger partial charge is 0.479 e. The summed E-state index contributed by atoms with van der Waals surface area (Å²) in [6.07, 6.45) is 3.30. The molecule has 5 nitrogen and oxygen atoms in total. The zero-order chi connectivity index (χ0) is 20.9. The van der Waals surface area contributed by atoms with Crippen LogP contribution in [0, 0.1) is 11.8 Å². The third kappa shape index (κ3) is 4.85. The van der Waals surface area contributed by atoms with Crippen LogP contribution in [0.25, 0.3) is 0 Å². The Kier molecular flexibility index (Phi) is 6.70. The fourth-order valence-electron chi connectivity index (χ4n) is 4.76. The second-order valence-corrected chi connectivity index (χ2v) is 8.32. The van der Waals surface area contributed by atoms with E-state index in [0.29, 0.717) is 37.2 Å². The number of benzene rings is 2. The van der Waals surface area contributed by atoms with E-state index in [-0.39, 0.29) is 12.2 Å². The summed E-state index contributed by atoms with van der Waals surface area (Å²) in [7, 11) is 0. The smallest absolute Gasteiger partial charge is 0.344 e. The highest BCUT2D eigenvalue weighted by Crippen LogP contribution is 2.45. The van der Waals surface area contributed by atoms with Gasteiger partial charge in [-0.3, -0.25) is 0 Å². The van der Waals surface area contributed by atoms with Crippen LogP contribution in [-0.4, -0.2) is 36.0 Å². The summed E-state index contributed by atoms with van der Waals surface area (Å²) in [4.78, 5) is 11.3. The van der Waals surface area contributed by atoms with Crippen LogP contribution < -0.4 is 4.74 Å². The van der Waals surface area contributed by atoms with E-state index in [0.717, 1.165) is 24.8 Å². The standard InChI is InChI=1S/C25H30O5/c1-2-22(25(26)27)29-19-10-6-9-18(13-19)14-20-21(24-12-11-23(20)30-24)16-28-15-17-7-4-3-5-8-17/h3-10,13,20-24H,2,11-12,14-16H2,1H3,(H,26,27). The van der Waals surface area contributed by atoms with E-state index in [1.165, 1.54) is 5.56 Å². The molecule has 0 aliphatic carbocycles. The molecule has 4 rings (SSSR count). The van der Waals surface area contributed by atoms with Crippen LogP contribution in [0.15, 0.2) is 54.6 Å². The zero-order valence-corrected chi connectivity index (χ0v) is 17.4. The van der Waals surface area contributed by atoms with E-state index in [4.69, 9.17) is 14.2 Å². The first-order valence-electron chi connectivity index (χ1n) is 10.9. The number of carbonyl (C=O) groups is 1. The first kappa shape index (κ1) is 20.9. The fraction of sp³-hybridized carbons (Fsp3) is 0.480. The maximum Gasteiger partial charge on any atom is 0.344 e. The molecule has 1 N–H and O–H groups in total. The van der Waals surface area contributed by atoms with Crippen LogP contribution in [0.2, 0.25) is 0 Å². The van der Waals surface area contributed by atoms with Gasteiger partial charge >= 0.3 is 5.97 Å². The summed E-state index contributed by atoms with van der Waals surface area (Å²) in [6, 6.07) is 18.1. The van der Waals surface area contributed by atoms with Gasteiger partial charge in [0, 0.05) is 5.92 Å². The summed E-state index contributed by atoms with van der Waals surface area (Å²) in [6.45, 7) is 3.14. The van der Waals surface area contributed by atoms with E-state index < -0.39 is 12.1 Å². The molecule has 0 aromatic heterocycles. The SMILES string of the molecule is CCC(Oc1cccc(CC2C3CCC(O3)C2COCc2ccccc2)c1)C(=O)O. The third-order valence-corrected chi connectivity index (χ3v) is 6.31. The van der Waals surface area contributed by atoms with E-state index in [1.807, 2.05) is 43.3 Å². The van der Waals surface area contributed by atoms with Crippen LogP contribution in [-0.2, 0) is 27.3 Å². The van der Waals surface area contributed by atoms with E-state index >= 15 is 0 Å². The Hall–Kier alpha value is -2.37. The van der Waals surface area contributed by atoms with Gasteiger partial charge in [0.2, 0.25) is 0 Å². The molecule has 0 saturated carbocycles. The summed E-state index contributed by atoms with van der Waals surface area (Å²) in [5.41, 5.74) is 2.34. The minimum atomic E-state index is -0.931. The molecule has 0 radical (unpaired) electrons. The molecule has 5 atom stereocenters. The summed E-state index contributed by atoms with van der Waals surface area (Å²) in [5.74, 6) is 0.485. The number of fused-ring (bicyclic) bond motifs is 2. The van der Waals surface area contributed by atoms with Gasteiger partial charge in [-0.15, -0.1) is 0 Å². The van der Waals surface area contributed by atoms with Gasteiger partial charge in [0.1, 0.15) is 5.75 Å². The van der Waals surface area contributed by atoms with Crippen molar-refractivity contribution in [3.8, 4) is 5.75 Å². The lowest BCUT2D eigenvalue weighted by atomic mass is 9.76. The minimum Gasteiger partial charge on any atom is -0.479 e. The Morgan fingerprint density at radius 2 is 1.80 bits per heavy atom. The maximum atomic E-state index is 11.3. The van der Waals surface area contributed by atoms with Gasteiger partial charge in [0.15, 0.2) is 6.10 Å². The molecule has 2 fully saturated rings. The first-order chi connectivity index (χ1) is 14.6. The van der Waals surface area contributed by atoms with Crippen molar-refractivity contribution in [2.24, 2.45) is 11.8 Å². The fourth-order valence-corrected chi connectivity index (χ4v) is 4.76. The number of rotatable bonds is 10. The van der Waals surface area contributed by atoms with Crippen molar-refractivity contribution >= 4 is 5.97 Å². The van der Waals surface area contributed by atoms with E-state index in [9.17, 15) is 9.90 Å². The topological polar surface area (TPSA) is 65.0 Å². The van der Waals surface area contributed by atoms with Crippen LogP contribution in [0.1, 0.15) is 37.3 Å². The van der Waals surface area contributed by atoms with Gasteiger partial charge in [-0.25, -0.2) is 4.79 Å². The number of hydrogen-bond donors (Lipinski definition) is 1. The van der Waals surface area contributed by atoms with Crippen molar-refractivity contribution in [2.75, 3.05) is 6.61 Å². The normalized spacial score (nSPS) is 25.9. The van der Waals surface area contributed by atoms with Crippen LogP contribution >= 0.6 is 0 Å². The lowest BCUT2D eigenvalue weighted by Crippen LogP contribution is -2.32. The Balaban J connectivity index is 1.38. The zero-order valence-electron chi connectivity index (χ0n) is 17.4. The molecule has 5 heteroatoms.